The maximum Gasteiger partial charge on any atom is 0.242 e. The molecule has 170 valence electrons. The zero-order chi connectivity index (χ0) is 22.6. The third-order valence-electron chi connectivity index (χ3n) is 6.07. The lowest BCUT2D eigenvalue weighted by Gasteiger charge is -2.38. The Morgan fingerprint density at radius 2 is 1.75 bits per heavy atom. The molecule has 0 bridgehead atoms. The second-order valence-electron chi connectivity index (χ2n) is 8.93. The first-order chi connectivity index (χ1) is 15.4. The first-order valence-electron chi connectivity index (χ1n) is 11.3. The van der Waals surface area contributed by atoms with E-state index in [0.29, 0.717) is 5.96 Å². The van der Waals surface area contributed by atoms with Crippen molar-refractivity contribution in [2.75, 3.05) is 44.7 Å². The molecule has 7 nitrogen and oxygen atoms in total. The summed E-state index contributed by atoms with van der Waals surface area (Å²) in [6.45, 7) is 7.54. The third kappa shape index (κ3) is 5.15. The van der Waals surface area contributed by atoms with Gasteiger partial charge in [0, 0.05) is 50.9 Å². The Morgan fingerprint density at radius 1 is 1.06 bits per heavy atom. The second kappa shape index (κ2) is 9.51. The van der Waals surface area contributed by atoms with Crippen LogP contribution in [0.5, 0.6) is 5.75 Å². The number of amides is 1. The van der Waals surface area contributed by atoms with Crippen LogP contribution in [0, 0.1) is 0 Å². The molecule has 1 atom stereocenters. The zero-order valence-electron chi connectivity index (χ0n) is 19.2. The van der Waals surface area contributed by atoms with Gasteiger partial charge in [-0.15, -0.1) is 0 Å². The van der Waals surface area contributed by atoms with E-state index in [-0.39, 0.29) is 24.1 Å². The number of hydrogen-bond acceptors (Lipinski definition) is 4. The number of carbonyl (C=O) groups is 1. The van der Waals surface area contributed by atoms with Crippen molar-refractivity contribution in [3.8, 4) is 5.75 Å². The van der Waals surface area contributed by atoms with E-state index < -0.39 is 0 Å². The van der Waals surface area contributed by atoms with Crippen molar-refractivity contribution < 1.29 is 9.53 Å². The van der Waals surface area contributed by atoms with Crippen molar-refractivity contribution in [1.29, 1.82) is 0 Å². The van der Waals surface area contributed by atoms with E-state index in [9.17, 15) is 4.79 Å². The molecule has 1 fully saturated rings. The molecule has 0 aliphatic carbocycles. The molecule has 2 aliphatic rings. The summed E-state index contributed by atoms with van der Waals surface area (Å²) in [6.07, 6.45) is 0.806. The fourth-order valence-electron chi connectivity index (χ4n) is 4.41. The minimum atomic E-state index is -0.279. The highest BCUT2D eigenvalue weighted by atomic mass is 16.5. The number of piperazine rings is 1. The van der Waals surface area contributed by atoms with E-state index in [1.807, 2.05) is 41.3 Å². The standard InChI is InChI=1S/C25H33N5O2/c1-25(2)17-21(20-11-7-8-12-22(20)32-25)28-24(26-3)27-18-23(31)30-15-13-29(14-16-30)19-9-5-4-6-10-19/h4-12,21H,13-18H2,1-3H3,(H2,26,27,28). The lowest BCUT2D eigenvalue weighted by molar-refractivity contribution is -0.130. The summed E-state index contributed by atoms with van der Waals surface area (Å²) in [6, 6.07) is 18.5. The van der Waals surface area contributed by atoms with Gasteiger partial charge in [-0.3, -0.25) is 9.79 Å². The van der Waals surface area contributed by atoms with Gasteiger partial charge in [-0.2, -0.15) is 0 Å². The third-order valence-corrected chi connectivity index (χ3v) is 6.07. The number of nitrogens with zero attached hydrogens (tertiary/aromatic N) is 3. The molecule has 7 heteroatoms. The van der Waals surface area contributed by atoms with Gasteiger partial charge >= 0.3 is 0 Å². The van der Waals surface area contributed by atoms with Crippen LogP contribution in [0.15, 0.2) is 59.6 Å². The molecule has 2 aromatic carbocycles. The topological polar surface area (TPSA) is 69.2 Å². The monoisotopic (exact) mass is 435 g/mol. The van der Waals surface area contributed by atoms with Crippen LogP contribution in [0.4, 0.5) is 5.69 Å². The predicted octanol–water partition coefficient (Wildman–Crippen LogP) is 2.80. The van der Waals surface area contributed by atoms with Gasteiger partial charge < -0.3 is 25.2 Å². The molecular weight excluding hydrogens is 402 g/mol. The average molecular weight is 436 g/mol. The molecule has 0 aromatic heterocycles. The Bertz CT molecular complexity index is 952. The normalized spacial score (nSPS) is 20.2. The molecule has 32 heavy (non-hydrogen) atoms. The van der Waals surface area contributed by atoms with Gasteiger partial charge in [-0.05, 0) is 32.0 Å². The molecule has 0 saturated carbocycles. The number of carbonyl (C=O) groups excluding carboxylic acids is 1. The van der Waals surface area contributed by atoms with Gasteiger partial charge in [0.1, 0.15) is 11.4 Å². The number of rotatable bonds is 4. The summed E-state index contributed by atoms with van der Waals surface area (Å²) >= 11 is 0. The fourth-order valence-corrected chi connectivity index (χ4v) is 4.41. The number of fused-ring (bicyclic) bond motifs is 1. The molecule has 2 heterocycles. The van der Waals surface area contributed by atoms with E-state index in [4.69, 9.17) is 4.74 Å². The minimum Gasteiger partial charge on any atom is -0.487 e. The van der Waals surface area contributed by atoms with Crippen molar-refractivity contribution in [1.82, 2.24) is 15.5 Å². The lowest BCUT2D eigenvalue weighted by atomic mass is 9.90. The molecule has 4 rings (SSSR count). The summed E-state index contributed by atoms with van der Waals surface area (Å²) in [4.78, 5) is 21.4. The van der Waals surface area contributed by atoms with Crippen LogP contribution in [-0.4, -0.2) is 62.1 Å². The van der Waals surface area contributed by atoms with Crippen LogP contribution in [0.2, 0.25) is 0 Å². The average Bonchev–Trinajstić information content (AvgIpc) is 2.81. The van der Waals surface area contributed by atoms with Crippen LogP contribution in [0.3, 0.4) is 0 Å². The molecular formula is C25H33N5O2. The van der Waals surface area contributed by atoms with Crippen LogP contribution >= 0.6 is 0 Å². The number of benzene rings is 2. The maximum absolute atomic E-state index is 12.8. The van der Waals surface area contributed by atoms with E-state index in [2.05, 4.69) is 52.6 Å². The van der Waals surface area contributed by atoms with Crippen molar-refractivity contribution in [2.24, 2.45) is 4.99 Å². The Balaban J connectivity index is 1.30. The number of nitrogens with one attached hydrogen (secondary N) is 2. The molecule has 2 aliphatic heterocycles. The zero-order valence-corrected chi connectivity index (χ0v) is 19.2. The van der Waals surface area contributed by atoms with Crippen LogP contribution in [-0.2, 0) is 4.79 Å². The number of guanidine groups is 1. The van der Waals surface area contributed by atoms with Gasteiger partial charge in [0.25, 0.3) is 0 Å². The van der Waals surface area contributed by atoms with Gasteiger partial charge in [0.15, 0.2) is 5.96 Å². The first-order valence-corrected chi connectivity index (χ1v) is 11.3. The van der Waals surface area contributed by atoms with E-state index in [1.165, 1.54) is 5.69 Å². The van der Waals surface area contributed by atoms with Crippen LogP contribution in [0.1, 0.15) is 31.9 Å². The number of aliphatic imine (C=N–C) groups is 1. The highest BCUT2D eigenvalue weighted by Gasteiger charge is 2.34. The summed E-state index contributed by atoms with van der Waals surface area (Å²) in [7, 11) is 1.73. The number of hydrogen-bond donors (Lipinski definition) is 2. The van der Waals surface area contributed by atoms with Gasteiger partial charge in [0.05, 0.1) is 12.6 Å². The van der Waals surface area contributed by atoms with Crippen molar-refractivity contribution >= 4 is 17.6 Å². The highest BCUT2D eigenvalue weighted by molar-refractivity contribution is 5.86. The number of anilines is 1. The summed E-state index contributed by atoms with van der Waals surface area (Å²) in [5.41, 5.74) is 2.04. The number of ether oxygens (including phenoxy) is 1. The SMILES string of the molecule is CN=C(NCC(=O)N1CCN(c2ccccc2)CC1)NC1CC(C)(C)Oc2ccccc21. The Hall–Kier alpha value is -3.22. The molecule has 2 N–H and O–H groups in total. The lowest BCUT2D eigenvalue weighted by Crippen LogP contribution is -2.52. The summed E-state index contributed by atoms with van der Waals surface area (Å²) in [5, 5.41) is 6.69. The molecule has 1 amide bonds. The van der Waals surface area contributed by atoms with Crippen molar-refractivity contribution in [2.45, 2.75) is 31.9 Å². The van der Waals surface area contributed by atoms with Gasteiger partial charge in [-0.1, -0.05) is 36.4 Å². The Morgan fingerprint density at radius 3 is 2.47 bits per heavy atom. The molecule has 2 aromatic rings. The predicted molar refractivity (Wildman–Crippen MR) is 128 cm³/mol. The molecule has 1 saturated heterocycles. The fraction of sp³-hybridized carbons (Fsp3) is 0.440. The van der Waals surface area contributed by atoms with E-state index in [0.717, 1.165) is 43.9 Å². The van der Waals surface area contributed by atoms with Crippen LogP contribution in [0.25, 0.3) is 0 Å². The first kappa shape index (κ1) is 22.0. The van der Waals surface area contributed by atoms with Crippen LogP contribution < -0.4 is 20.3 Å². The van der Waals surface area contributed by atoms with E-state index in [1.54, 1.807) is 7.05 Å². The smallest absolute Gasteiger partial charge is 0.242 e. The maximum atomic E-state index is 12.8. The highest BCUT2D eigenvalue weighted by Crippen LogP contribution is 2.39. The summed E-state index contributed by atoms with van der Waals surface area (Å²) in [5.74, 6) is 1.61. The molecule has 0 radical (unpaired) electrons. The summed E-state index contributed by atoms with van der Waals surface area (Å²) < 4.78 is 6.12. The largest absolute Gasteiger partial charge is 0.487 e. The quantitative estimate of drug-likeness (QED) is 0.571. The Kier molecular flexibility index (Phi) is 6.53. The minimum absolute atomic E-state index is 0.0608. The van der Waals surface area contributed by atoms with Gasteiger partial charge in [-0.25, -0.2) is 0 Å². The number of para-hydroxylation sites is 2. The Labute approximate surface area is 190 Å². The van der Waals surface area contributed by atoms with Gasteiger partial charge in [0.2, 0.25) is 5.91 Å². The second-order valence-corrected chi connectivity index (χ2v) is 8.93. The van der Waals surface area contributed by atoms with Crippen molar-refractivity contribution in [3.63, 3.8) is 0 Å². The van der Waals surface area contributed by atoms with E-state index >= 15 is 0 Å². The molecule has 1 unspecified atom stereocenters. The molecule has 0 spiro atoms. The van der Waals surface area contributed by atoms with Crippen molar-refractivity contribution in [3.05, 3.63) is 60.2 Å².